The monoisotopic (exact) mass is 578 g/mol. The van der Waals surface area contributed by atoms with Gasteiger partial charge in [0.25, 0.3) is 0 Å². The SMILES string of the molecule is CCCC(C1=Nc2ccc(N3CCC(c4ccc(F)cc4)(N(C)C)CC3)cc2COCN1CC)N1C[C@@H](C)N[C@@H](C)C1. The van der Waals surface area contributed by atoms with E-state index in [0.717, 1.165) is 75.5 Å². The molecule has 230 valence electrons. The van der Waals surface area contributed by atoms with Gasteiger partial charge in [0.05, 0.1) is 18.3 Å². The maximum atomic E-state index is 13.7. The predicted molar refractivity (Wildman–Crippen MR) is 171 cm³/mol. The molecule has 0 spiro atoms. The number of anilines is 1. The maximum Gasteiger partial charge on any atom is 0.124 e. The highest BCUT2D eigenvalue weighted by atomic mass is 19.1. The molecule has 42 heavy (non-hydrogen) atoms. The Morgan fingerprint density at radius 1 is 1.05 bits per heavy atom. The number of piperazine rings is 1. The Balaban J connectivity index is 1.40. The summed E-state index contributed by atoms with van der Waals surface area (Å²) in [7, 11) is 4.29. The minimum Gasteiger partial charge on any atom is -0.371 e. The van der Waals surface area contributed by atoms with Crippen molar-refractivity contribution in [1.82, 2.24) is 20.0 Å². The van der Waals surface area contributed by atoms with Crippen LogP contribution in [0.25, 0.3) is 0 Å². The first-order chi connectivity index (χ1) is 20.2. The molecule has 3 aliphatic rings. The topological polar surface area (TPSA) is 46.6 Å². The van der Waals surface area contributed by atoms with E-state index in [1.807, 2.05) is 12.1 Å². The van der Waals surface area contributed by atoms with Crippen molar-refractivity contribution < 1.29 is 9.13 Å². The Labute approximate surface area is 252 Å². The third kappa shape index (κ3) is 6.52. The average Bonchev–Trinajstić information content (AvgIpc) is 2.96. The number of benzene rings is 2. The van der Waals surface area contributed by atoms with Crippen molar-refractivity contribution in [1.29, 1.82) is 0 Å². The fraction of sp³-hybridized carbons (Fsp3) is 0.618. The summed E-state index contributed by atoms with van der Waals surface area (Å²) in [6.45, 7) is 15.0. The highest BCUT2D eigenvalue weighted by Crippen LogP contribution is 2.39. The van der Waals surface area contributed by atoms with Crippen LogP contribution in [0.15, 0.2) is 47.5 Å². The zero-order valence-electron chi connectivity index (χ0n) is 26.6. The van der Waals surface area contributed by atoms with E-state index in [1.54, 1.807) is 12.1 Å². The van der Waals surface area contributed by atoms with Crippen LogP contribution in [-0.2, 0) is 16.9 Å². The molecule has 0 aromatic heterocycles. The number of rotatable bonds is 8. The Hall–Kier alpha value is -2.52. The summed E-state index contributed by atoms with van der Waals surface area (Å²) in [5.41, 5.74) is 4.50. The molecular weight excluding hydrogens is 527 g/mol. The highest BCUT2D eigenvalue weighted by Gasteiger charge is 2.38. The highest BCUT2D eigenvalue weighted by molar-refractivity contribution is 5.90. The molecule has 2 aromatic carbocycles. The summed E-state index contributed by atoms with van der Waals surface area (Å²) < 4.78 is 20.0. The summed E-state index contributed by atoms with van der Waals surface area (Å²) >= 11 is 0. The molecule has 7 nitrogen and oxygen atoms in total. The van der Waals surface area contributed by atoms with E-state index >= 15 is 0 Å². The first-order valence-electron chi connectivity index (χ1n) is 16.0. The molecule has 2 saturated heterocycles. The lowest BCUT2D eigenvalue weighted by atomic mass is 9.79. The molecule has 3 atom stereocenters. The van der Waals surface area contributed by atoms with Crippen molar-refractivity contribution in [3.63, 3.8) is 0 Å². The van der Waals surface area contributed by atoms with E-state index in [-0.39, 0.29) is 17.4 Å². The number of ether oxygens (including phenoxy) is 1. The van der Waals surface area contributed by atoms with Crippen molar-refractivity contribution in [3.05, 3.63) is 59.4 Å². The van der Waals surface area contributed by atoms with Crippen molar-refractivity contribution in [2.45, 2.75) is 83.6 Å². The van der Waals surface area contributed by atoms with Crippen LogP contribution in [0.4, 0.5) is 15.8 Å². The van der Waals surface area contributed by atoms with Gasteiger partial charge in [-0.05, 0) is 90.0 Å². The first-order valence-corrected chi connectivity index (χ1v) is 16.0. The van der Waals surface area contributed by atoms with Crippen LogP contribution in [0.2, 0.25) is 0 Å². The molecule has 1 unspecified atom stereocenters. The molecule has 0 radical (unpaired) electrons. The molecule has 0 aliphatic carbocycles. The van der Waals surface area contributed by atoms with Crippen LogP contribution < -0.4 is 10.2 Å². The minimum absolute atomic E-state index is 0.0903. The Morgan fingerprint density at radius 2 is 1.74 bits per heavy atom. The van der Waals surface area contributed by atoms with Crippen LogP contribution >= 0.6 is 0 Å². The third-order valence-corrected chi connectivity index (χ3v) is 9.59. The van der Waals surface area contributed by atoms with Gasteiger partial charge in [-0.1, -0.05) is 25.5 Å². The van der Waals surface area contributed by atoms with Gasteiger partial charge in [0.2, 0.25) is 0 Å². The molecule has 2 aromatic rings. The summed E-state index contributed by atoms with van der Waals surface area (Å²) in [5.74, 6) is 0.960. The van der Waals surface area contributed by atoms with Gasteiger partial charge in [-0.2, -0.15) is 0 Å². The predicted octanol–water partition coefficient (Wildman–Crippen LogP) is 5.57. The molecular formula is C34H51FN6O. The van der Waals surface area contributed by atoms with Crippen molar-refractivity contribution >= 4 is 17.2 Å². The van der Waals surface area contributed by atoms with Gasteiger partial charge in [-0.25, -0.2) is 9.38 Å². The van der Waals surface area contributed by atoms with Crippen molar-refractivity contribution in [2.75, 3.05) is 58.4 Å². The Bertz CT molecular complexity index is 1200. The Kier molecular flexibility index (Phi) is 9.88. The fourth-order valence-electron chi connectivity index (χ4n) is 7.32. The summed E-state index contributed by atoms with van der Waals surface area (Å²) in [6, 6.07) is 15.0. The smallest absolute Gasteiger partial charge is 0.124 e. The Morgan fingerprint density at radius 3 is 2.36 bits per heavy atom. The number of aliphatic imine (C=N–C) groups is 1. The third-order valence-electron chi connectivity index (χ3n) is 9.59. The lowest BCUT2D eigenvalue weighted by molar-refractivity contribution is 0.0474. The number of likely N-dealkylation sites (N-methyl/N-ethyl adjacent to an activating group) is 1. The molecule has 2 fully saturated rings. The van der Waals surface area contributed by atoms with E-state index in [9.17, 15) is 4.39 Å². The quantitative estimate of drug-likeness (QED) is 0.442. The number of nitrogens with one attached hydrogen (secondary N) is 1. The number of fused-ring (bicyclic) bond motifs is 1. The van der Waals surface area contributed by atoms with Crippen LogP contribution in [0, 0.1) is 5.82 Å². The molecule has 0 saturated carbocycles. The molecule has 3 aliphatic heterocycles. The largest absolute Gasteiger partial charge is 0.371 e. The van der Waals surface area contributed by atoms with Crippen LogP contribution in [0.1, 0.15) is 64.5 Å². The van der Waals surface area contributed by atoms with E-state index in [4.69, 9.17) is 9.73 Å². The first kappa shape index (κ1) is 30.9. The summed E-state index contributed by atoms with van der Waals surface area (Å²) in [4.78, 5) is 15.2. The van der Waals surface area contributed by atoms with Gasteiger partial charge in [0, 0.05) is 61.6 Å². The van der Waals surface area contributed by atoms with E-state index in [2.05, 4.69) is 84.9 Å². The van der Waals surface area contributed by atoms with Crippen molar-refractivity contribution in [2.24, 2.45) is 4.99 Å². The van der Waals surface area contributed by atoms with E-state index in [1.165, 1.54) is 11.3 Å². The maximum absolute atomic E-state index is 13.7. The van der Waals surface area contributed by atoms with E-state index < -0.39 is 0 Å². The fourth-order valence-corrected chi connectivity index (χ4v) is 7.32. The number of amidine groups is 1. The standard InChI is InChI=1S/C34H51FN6O/c1-7-9-32(41-21-25(3)36-26(4)22-41)33-37-31-15-14-30(20-27(31)23-42-24-39(33)8-2)40-18-16-34(17-19-40,38(5)6)28-10-12-29(35)13-11-28/h10-15,20,25-26,32,36H,7-9,16-19,21-24H2,1-6H3/t25-,26+,32?. The molecule has 8 heteroatoms. The lowest BCUT2D eigenvalue weighted by Gasteiger charge is -2.47. The second-order valence-corrected chi connectivity index (χ2v) is 12.8. The van der Waals surface area contributed by atoms with Gasteiger partial charge in [0.15, 0.2) is 0 Å². The van der Waals surface area contributed by atoms with Crippen LogP contribution in [0.3, 0.4) is 0 Å². The number of halogens is 1. The zero-order chi connectivity index (χ0) is 29.9. The number of piperidine rings is 1. The molecule has 0 amide bonds. The number of hydrogen-bond acceptors (Lipinski definition) is 7. The molecule has 0 bridgehead atoms. The van der Waals surface area contributed by atoms with Gasteiger partial charge < -0.3 is 19.9 Å². The van der Waals surface area contributed by atoms with Crippen LogP contribution in [-0.4, -0.2) is 92.2 Å². The zero-order valence-corrected chi connectivity index (χ0v) is 26.6. The normalized spacial score (nSPS) is 24.1. The molecule has 5 rings (SSSR count). The van der Waals surface area contributed by atoms with Crippen molar-refractivity contribution in [3.8, 4) is 0 Å². The van der Waals surface area contributed by atoms with Gasteiger partial charge in [0.1, 0.15) is 18.4 Å². The average molecular weight is 579 g/mol. The van der Waals surface area contributed by atoms with E-state index in [0.29, 0.717) is 25.4 Å². The molecule has 3 heterocycles. The van der Waals surface area contributed by atoms with Gasteiger partial charge >= 0.3 is 0 Å². The lowest BCUT2D eigenvalue weighted by Crippen LogP contribution is -2.60. The molecule has 1 N–H and O–H groups in total. The van der Waals surface area contributed by atoms with Crippen LogP contribution in [0.5, 0.6) is 0 Å². The van der Waals surface area contributed by atoms with Gasteiger partial charge in [-0.3, -0.25) is 9.80 Å². The summed E-state index contributed by atoms with van der Waals surface area (Å²) in [6.07, 6.45) is 4.15. The summed E-state index contributed by atoms with van der Waals surface area (Å²) in [5, 5.41) is 3.69. The minimum atomic E-state index is -0.181. The van der Waals surface area contributed by atoms with Gasteiger partial charge in [-0.15, -0.1) is 0 Å². The second-order valence-electron chi connectivity index (χ2n) is 12.8. The number of nitrogens with zero attached hydrogens (tertiary/aromatic N) is 5. The number of hydrogen-bond donors (Lipinski definition) is 1. The second kappa shape index (κ2) is 13.4.